The van der Waals surface area contributed by atoms with Gasteiger partial charge in [-0.2, -0.15) is 0 Å². The molecule has 0 radical (unpaired) electrons. The molecular formula is C16H14O3. The van der Waals surface area contributed by atoms with Crippen LogP contribution in [0, 0.1) is 0 Å². The van der Waals surface area contributed by atoms with E-state index in [0.717, 1.165) is 22.3 Å². The second-order valence-corrected chi connectivity index (χ2v) is 4.54. The zero-order chi connectivity index (χ0) is 13.2. The lowest BCUT2D eigenvalue weighted by Gasteiger charge is -2.18. The monoisotopic (exact) mass is 254 g/mol. The van der Waals surface area contributed by atoms with Gasteiger partial charge in [-0.1, -0.05) is 24.3 Å². The summed E-state index contributed by atoms with van der Waals surface area (Å²) in [6, 6.07) is 12.9. The first-order valence-electron chi connectivity index (χ1n) is 6.13. The van der Waals surface area contributed by atoms with Crippen molar-refractivity contribution in [1.82, 2.24) is 0 Å². The maximum Gasteiger partial charge on any atom is 0.130 e. The summed E-state index contributed by atoms with van der Waals surface area (Å²) in [4.78, 5) is 0. The van der Waals surface area contributed by atoms with Gasteiger partial charge in [0.1, 0.15) is 18.1 Å². The summed E-state index contributed by atoms with van der Waals surface area (Å²) in [7, 11) is 0. The van der Waals surface area contributed by atoms with Crippen molar-refractivity contribution in [2.24, 2.45) is 0 Å². The third-order valence-corrected chi connectivity index (χ3v) is 3.22. The summed E-state index contributed by atoms with van der Waals surface area (Å²) >= 11 is 0. The van der Waals surface area contributed by atoms with Gasteiger partial charge in [0.15, 0.2) is 0 Å². The fourth-order valence-electron chi connectivity index (χ4n) is 2.14. The number of hydrogen-bond donors (Lipinski definition) is 2. The SMILES string of the molecule is OCc1ccc(C2=Cc3ccc(O)cc3OC2)cc1. The van der Waals surface area contributed by atoms with Crippen LogP contribution < -0.4 is 4.74 Å². The Balaban J connectivity index is 1.95. The number of aromatic hydroxyl groups is 1. The minimum Gasteiger partial charge on any atom is -0.508 e. The van der Waals surface area contributed by atoms with E-state index < -0.39 is 0 Å². The molecule has 1 aliphatic rings. The number of benzene rings is 2. The van der Waals surface area contributed by atoms with Gasteiger partial charge in [0.25, 0.3) is 0 Å². The van der Waals surface area contributed by atoms with Crippen LogP contribution in [0.25, 0.3) is 11.6 Å². The van der Waals surface area contributed by atoms with Gasteiger partial charge in [0.05, 0.1) is 6.61 Å². The van der Waals surface area contributed by atoms with Gasteiger partial charge in [-0.3, -0.25) is 0 Å². The molecule has 1 heterocycles. The molecule has 0 aromatic heterocycles. The summed E-state index contributed by atoms with van der Waals surface area (Å²) in [6.07, 6.45) is 2.06. The van der Waals surface area contributed by atoms with Crippen molar-refractivity contribution in [2.45, 2.75) is 6.61 Å². The van der Waals surface area contributed by atoms with E-state index in [1.165, 1.54) is 0 Å². The number of aliphatic hydroxyl groups is 1. The fraction of sp³-hybridized carbons (Fsp3) is 0.125. The van der Waals surface area contributed by atoms with Crippen LogP contribution in [-0.4, -0.2) is 16.8 Å². The van der Waals surface area contributed by atoms with Crippen LogP contribution in [0.5, 0.6) is 11.5 Å². The van der Waals surface area contributed by atoms with Crippen LogP contribution in [0.2, 0.25) is 0 Å². The Morgan fingerprint density at radius 3 is 2.58 bits per heavy atom. The average Bonchev–Trinajstić information content (AvgIpc) is 2.47. The minimum absolute atomic E-state index is 0.0535. The Bertz CT molecular complexity index is 627. The molecule has 2 N–H and O–H groups in total. The predicted octanol–water partition coefficient (Wildman–Crippen LogP) is 2.82. The Labute approximate surface area is 111 Å². The summed E-state index contributed by atoms with van der Waals surface area (Å²) < 4.78 is 5.65. The summed E-state index contributed by atoms with van der Waals surface area (Å²) in [5.74, 6) is 0.915. The molecule has 2 aromatic rings. The molecule has 0 saturated heterocycles. The number of aliphatic hydroxyl groups excluding tert-OH is 1. The molecule has 1 aliphatic heterocycles. The van der Waals surface area contributed by atoms with Crippen LogP contribution in [0.4, 0.5) is 0 Å². The molecule has 0 atom stereocenters. The summed E-state index contributed by atoms with van der Waals surface area (Å²) in [6.45, 7) is 0.535. The summed E-state index contributed by atoms with van der Waals surface area (Å²) in [5.41, 5.74) is 4.02. The Morgan fingerprint density at radius 2 is 1.84 bits per heavy atom. The quantitative estimate of drug-likeness (QED) is 0.866. The summed E-state index contributed by atoms with van der Waals surface area (Å²) in [5, 5.41) is 18.4. The van der Waals surface area contributed by atoms with Crippen molar-refractivity contribution in [3.05, 3.63) is 59.2 Å². The van der Waals surface area contributed by atoms with E-state index >= 15 is 0 Å². The van der Waals surface area contributed by atoms with Crippen molar-refractivity contribution < 1.29 is 14.9 Å². The van der Waals surface area contributed by atoms with Gasteiger partial charge in [-0.15, -0.1) is 0 Å². The highest BCUT2D eigenvalue weighted by atomic mass is 16.5. The van der Waals surface area contributed by atoms with Crippen LogP contribution in [0.15, 0.2) is 42.5 Å². The highest BCUT2D eigenvalue weighted by Crippen LogP contribution is 2.32. The average molecular weight is 254 g/mol. The smallest absolute Gasteiger partial charge is 0.130 e. The van der Waals surface area contributed by atoms with Gasteiger partial charge in [0.2, 0.25) is 0 Å². The van der Waals surface area contributed by atoms with Crippen molar-refractivity contribution >= 4 is 11.6 Å². The lowest BCUT2D eigenvalue weighted by atomic mass is 10.00. The second-order valence-electron chi connectivity index (χ2n) is 4.54. The topological polar surface area (TPSA) is 49.7 Å². The molecule has 0 spiro atoms. The Hall–Kier alpha value is -2.26. The van der Waals surface area contributed by atoms with E-state index in [4.69, 9.17) is 9.84 Å². The first-order chi connectivity index (χ1) is 9.26. The van der Waals surface area contributed by atoms with Gasteiger partial charge in [0, 0.05) is 11.6 Å². The number of rotatable bonds is 2. The molecule has 0 saturated carbocycles. The number of ether oxygens (including phenoxy) is 1. The van der Waals surface area contributed by atoms with Crippen molar-refractivity contribution in [3.8, 4) is 11.5 Å². The number of fused-ring (bicyclic) bond motifs is 1. The van der Waals surface area contributed by atoms with E-state index in [9.17, 15) is 5.11 Å². The van der Waals surface area contributed by atoms with Crippen LogP contribution >= 0.6 is 0 Å². The van der Waals surface area contributed by atoms with E-state index in [-0.39, 0.29) is 12.4 Å². The maximum absolute atomic E-state index is 9.40. The van der Waals surface area contributed by atoms with Crippen molar-refractivity contribution in [2.75, 3.05) is 6.61 Å². The van der Waals surface area contributed by atoms with Crippen molar-refractivity contribution in [1.29, 1.82) is 0 Å². The highest BCUT2D eigenvalue weighted by molar-refractivity contribution is 5.85. The zero-order valence-corrected chi connectivity index (χ0v) is 10.3. The first-order valence-corrected chi connectivity index (χ1v) is 6.13. The van der Waals surface area contributed by atoms with E-state index in [2.05, 4.69) is 6.08 Å². The van der Waals surface area contributed by atoms with Gasteiger partial charge < -0.3 is 14.9 Å². The van der Waals surface area contributed by atoms with Gasteiger partial charge in [-0.05, 0) is 34.9 Å². The molecule has 3 rings (SSSR count). The molecule has 2 aromatic carbocycles. The Morgan fingerprint density at radius 1 is 1.05 bits per heavy atom. The van der Waals surface area contributed by atoms with Crippen molar-refractivity contribution in [3.63, 3.8) is 0 Å². The molecule has 0 fully saturated rings. The lowest BCUT2D eigenvalue weighted by molar-refractivity contribution is 0.282. The van der Waals surface area contributed by atoms with Crippen LogP contribution in [0.1, 0.15) is 16.7 Å². The normalized spacial score (nSPS) is 13.4. The largest absolute Gasteiger partial charge is 0.508 e. The molecule has 3 nitrogen and oxygen atoms in total. The Kier molecular flexibility index (Phi) is 2.97. The number of hydrogen-bond acceptors (Lipinski definition) is 3. The third-order valence-electron chi connectivity index (χ3n) is 3.22. The molecule has 0 bridgehead atoms. The standard InChI is InChI=1S/C16H14O3/c17-9-11-1-3-12(4-2-11)14-7-13-5-6-15(18)8-16(13)19-10-14/h1-8,17-18H,9-10H2. The third kappa shape index (κ3) is 2.33. The lowest BCUT2D eigenvalue weighted by Crippen LogP contribution is -2.06. The first kappa shape index (κ1) is 11.8. The number of phenols is 1. The molecule has 96 valence electrons. The molecule has 0 amide bonds. The molecule has 0 unspecified atom stereocenters. The van der Waals surface area contributed by atoms with E-state index in [1.54, 1.807) is 12.1 Å². The fourth-order valence-corrected chi connectivity index (χ4v) is 2.14. The second kappa shape index (κ2) is 4.78. The van der Waals surface area contributed by atoms with E-state index in [0.29, 0.717) is 12.4 Å². The van der Waals surface area contributed by atoms with E-state index in [1.807, 2.05) is 30.3 Å². The molecule has 0 aliphatic carbocycles. The van der Waals surface area contributed by atoms with Crippen LogP contribution in [-0.2, 0) is 6.61 Å². The molecular weight excluding hydrogens is 240 g/mol. The highest BCUT2D eigenvalue weighted by Gasteiger charge is 2.13. The molecule has 19 heavy (non-hydrogen) atoms. The van der Waals surface area contributed by atoms with Crippen LogP contribution in [0.3, 0.4) is 0 Å². The van der Waals surface area contributed by atoms with Gasteiger partial charge in [-0.25, -0.2) is 0 Å². The van der Waals surface area contributed by atoms with Gasteiger partial charge >= 0.3 is 0 Å². The molecule has 3 heteroatoms. The maximum atomic E-state index is 9.40. The minimum atomic E-state index is 0.0535. The predicted molar refractivity (Wildman–Crippen MR) is 73.8 cm³/mol. The zero-order valence-electron chi connectivity index (χ0n) is 10.3. The number of phenolic OH excluding ortho intramolecular Hbond substituents is 1.